The second-order valence-electron chi connectivity index (χ2n) is 6.23. The first-order valence-corrected chi connectivity index (χ1v) is 9.84. The number of hydrogen-bond donors (Lipinski definition) is 1. The van der Waals surface area contributed by atoms with Gasteiger partial charge < -0.3 is 14.6 Å². The Bertz CT molecular complexity index is 1030. The molecule has 0 radical (unpaired) electrons. The minimum absolute atomic E-state index is 0.0495. The van der Waals surface area contributed by atoms with Crippen LogP contribution in [0.2, 0.25) is 0 Å². The minimum atomic E-state index is -3.12. The minimum Gasteiger partial charge on any atom is -0.452 e. The zero-order chi connectivity index (χ0) is 18.9. The van der Waals surface area contributed by atoms with Gasteiger partial charge in [0.2, 0.25) is 5.56 Å². The van der Waals surface area contributed by atoms with E-state index >= 15 is 0 Å². The highest BCUT2D eigenvalue weighted by molar-refractivity contribution is 7.91. The summed E-state index contributed by atoms with van der Waals surface area (Å²) in [5.41, 5.74) is 0.116. The van der Waals surface area contributed by atoms with Crippen molar-refractivity contribution in [2.24, 2.45) is 0 Å². The molecule has 1 atom stereocenters. The zero-order valence-electron chi connectivity index (χ0n) is 14.1. The van der Waals surface area contributed by atoms with Crippen molar-refractivity contribution in [3.05, 3.63) is 46.2 Å². The van der Waals surface area contributed by atoms with Crippen LogP contribution in [-0.4, -0.2) is 61.4 Å². The van der Waals surface area contributed by atoms with Crippen LogP contribution in [0.15, 0.2) is 35.1 Å². The Morgan fingerprint density at radius 3 is 2.73 bits per heavy atom. The Balaban J connectivity index is 1.69. The number of ether oxygens (including phenoxy) is 1. The van der Waals surface area contributed by atoms with Crippen LogP contribution < -0.4 is 5.56 Å². The van der Waals surface area contributed by atoms with E-state index in [0.717, 1.165) is 6.07 Å². The van der Waals surface area contributed by atoms with E-state index in [1.54, 1.807) is 24.3 Å². The molecule has 0 spiro atoms. The van der Waals surface area contributed by atoms with Crippen LogP contribution in [-0.2, 0) is 19.4 Å². The molecule has 9 heteroatoms. The fourth-order valence-electron chi connectivity index (χ4n) is 2.96. The Labute approximate surface area is 149 Å². The average Bonchev–Trinajstić information content (AvgIpc) is 2.97. The van der Waals surface area contributed by atoms with Crippen molar-refractivity contribution in [3.63, 3.8) is 0 Å². The maximum absolute atomic E-state index is 12.3. The number of rotatable bonds is 4. The third-order valence-electron chi connectivity index (χ3n) is 4.45. The number of para-hydroxylation sites is 1. The van der Waals surface area contributed by atoms with Gasteiger partial charge in [-0.15, -0.1) is 0 Å². The van der Waals surface area contributed by atoms with E-state index in [1.165, 1.54) is 11.9 Å². The molecule has 8 nitrogen and oxygen atoms in total. The number of pyridine rings is 1. The number of nitrogens with zero attached hydrogens (tertiary/aromatic N) is 1. The Morgan fingerprint density at radius 2 is 2.04 bits per heavy atom. The summed E-state index contributed by atoms with van der Waals surface area (Å²) in [5.74, 6) is -1.31. The predicted octanol–water partition coefficient (Wildman–Crippen LogP) is 0.330. The summed E-state index contributed by atoms with van der Waals surface area (Å²) in [6.07, 6.45) is 0.372. The molecule has 2 heterocycles. The molecule has 1 aliphatic rings. The summed E-state index contributed by atoms with van der Waals surface area (Å²) in [6.45, 7) is -0.521. The number of amides is 1. The number of sulfone groups is 1. The van der Waals surface area contributed by atoms with Crippen molar-refractivity contribution in [3.8, 4) is 0 Å². The fourth-order valence-corrected chi connectivity index (χ4v) is 4.74. The standard InChI is InChI=1S/C17H18N2O6S/c1-19(11-6-7-26(23,24)10-11)16(21)9-25-17(22)13-8-15(20)18-14-5-3-2-4-12(13)14/h2-5,8,11H,6-7,9-10H2,1H3,(H,18,20)/t11-/m0/s1. The number of hydrogen-bond acceptors (Lipinski definition) is 6. The Kier molecular flexibility index (Phi) is 4.82. The molecule has 1 saturated heterocycles. The molecule has 0 aliphatic carbocycles. The molecule has 26 heavy (non-hydrogen) atoms. The lowest BCUT2D eigenvalue weighted by Gasteiger charge is -2.23. The van der Waals surface area contributed by atoms with Gasteiger partial charge in [-0.3, -0.25) is 9.59 Å². The van der Waals surface area contributed by atoms with E-state index in [0.29, 0.717) is 17.3 Å². The molecule has 1 aromatic heterocycles. The number of H-pyrrole nitrogens is 1. The number of fused-ring (bicyclic) bond motifs is 1. The van der Waals surface area contributed by atoms with Crippen molar-refractivity contribution in [1.82, 2.24) is 9.88 Å². The molecule has 3 rings (SSSR count). The first kappa shape index (κ1) is 18.1. The molecule has 1 N–H and O–H groups in total. The second kappa shape index (κ2) is 6.91. The molecule has 1 aromatic carbocycles. The predicted molar refractivity (Wildman–Crippen MR) is 94.7 cm³/mol. The van der Waals surface area contributed by atoms with Crippen LogP contribution in [0.25, 0.3) is 10.9 Å². The molecule has 0 unspecified atom stereocenters. The average molecular weight is 378 g/mol. The molecule has 138 valence electrons. The third kappa shape index (κ3) is 3.77. The lowest BCUT2D eigenvalue weighted by molar-refractivity contribution is -0.134. The van der Waals surface area contributed by atoms with Gasteiger partial charge in [0.25, 0.3) is 5.91 Å². The maximum Gasteiger partial charge on any atom is 0.339 e. The molecule has 0 saturated carbocycles. The number of carbonyl (C=O) groups is 2. The quantitative estimate of drug-likeness (QED) is 0.767. The number of aromatic nitrogens is 1. The Morgan fingerprint density at radius 1 is 1.31 bits per heavy atom. The lowest BCUT2D eigenvalue weighted by Crippen LogP contribution is -2.40. The molecule has 2 aromatic rings. The summed E-state index contributed by atoms with van der Waals surface area (Å²) in [7, 11) is -1.63. The van der Waals surface area contributed by atoms with Crippen LogP contribution >= 0.6 is 0 Å². The SMILES string of the molecule is CN(C(=O)COC(=O)c1cc(=O)[nH]c2ccccc12)[C@H]1CCS(=O)(=O)C1. The number of carbonyl (C=O) groups excluding carboxylic acids is 2. The smallest absolute Gasteiger partial charge is 0.339 e. The summed E-state index contributed by atoms with van der Waals surface area (Å²) >= 11 is 0. The van der Waals surface area contributed by atoms with Crippen LogP contribution in [0.4, 0.5) is 0 Å². The number of likely N-dealkylation sites (N-methyl/N-ethyl adjacent to an activating group) is 1. The molecule has 0 bridgehead atoms. The summed E-state index contributed by atoms with van der Waals surface area (Å²) < 4.78 is 28.1. The van der Waals surface area contributed by atoms with Gasteiger partial charge in [-0.1, -0.05) is 18.2 Å². The van der Waals surface area contributed by atoms with E-state index < -0.39 is 39.9 Å². The van der Waals surface area contributed by atoms with E-state index in [1.807, 2.05) is 0 Å². The summed E-state index contributed by atoms with van der Waals surface area (Å²) in [5, 5.41) is 0.514. The van der Waals surface area contributed by atoms with Gasteiger partial charge >= 0.3 is 5.97 Å². The van der Waals surface area contributed by atoms with Gasteiger partial charge in [-0.05, 0) is 12.5 Å². The molecular weight excluding hydrogens is 360 g/mol. The second-order valence-corrected chi connectivity index (χ2v) is 8.46. The molecular formula is C17H18N2O6S. The third-order valence-corrected chi connectivity index (χ3v) is 6.20. The van der Waals surface area contributed by atoms with E-state index in [9.17, 15) is 22.8 Å². The largest absolute Gasteiger partial charge is 0.452 e. The first-order chi connectivity index (χ1) is 12.3. The van der Waals surface area contributed by atoms with Crippen LogP contribution in [0.3, 0.4) is 0 Å². The van der Waals surface area contributed by atoms with Gasteiger partial charge in [0.05, 0.1) is 17.1 Å². The van der Waals surface area contributed by atoms with Crippen molar-refractivity contribution in [1.29, 1.82) is 0 Å². The highest BCUT2D eigenvalue weighted by atomic mass is 32.2. The van der Waals surface area contributed by atoms with E-state index in [-0.39, 0.29) is 17.1 Å². The van der Waals surface area contributed by atoms with E-state index in [4.69, 9.17) is 4.74 Å². The Hall–Kier alpha value is -2.68. The number of nitrogens with one attached hydrogen (secondary N) is 1. The topological polar surface area (TPSA) is 114 Å². The van der Waals surface area contributed by atoms with E-state index in [2.05, 4.69) is 4.98 Å². The first-order valence-electron chi connectivity index (χ1n) is 8.02. The fraction of sp³-hybridized carbons (Fsp3) is 0.353. The van der Waals surface area contributed by atoms with Crippen molar-refractivity contribution >= 4 is 32.6 Å². The van der Waals surface area contributed by atoms with Gasteiger partial charge in [-0.25, -0.2) is 13.2 Å². The van der Waals surface area contributed by atoms with Crippen LogP contribution in [0, 0.1) is 0 Å². The van der Waals surface area contributed by atoms with Crippen molar-refractivity contribution in [2.45, 2.75) is 12.5 Å². The maximum atomic E-state index is 12.3. The number of aromatic amines is 1. The normalized spacial score (nSPS) is 18.6. The highest BCUT2D eigenvalue weighted by Crippen LogP contribution is 2.18. The molecule has 1 aliphatic heterocycles. The van der Waals surface area contributed by atoms with Gasteiger partial charge in [0.1, 0.15) is 0 Å². The number of benzene rings is 1. The van der Waals surface area contributed by atoms with Gasteiger partial charge in [0, 0.05) is 30.1 Å². The number of esters is 1. The van der Waals surface area contributed by atoms with Gasteiger partial charge in [-0.2, -0.15) is 0 Å². The monoisotopic (exact) mass is 378 g/mol. The molecule has 1 amide bonds. The van der Waals surface area contributed by atoms with Gasteiger partial charge in [0.15, 0.2) is 16.4 Å². The van der Waals surface area contributed by atoms with Crippen LogP contribution in [0.1, 0.15) is 16.8 Å². The van der Waals surface area contributed by atoms with Crippen molar-refractivity contribution in [2.75, 3.05) is 25.2 Å². The summed E-state index contributed by atoms with van der Waals surface area (Å²) in [4.78, 5) is 40.1. The summed E-state index contributed by atoms with van der Waals surface area (Å²) in [6, 6.07) is 7.49. The highest BCUT2D eigenvalue weighted by Gasteiger charge is 2.33. The zero-order valence-corrected chi connectivity index (χ0v) is 14.9. The molecule has 1 fully saturated rings. The van der Waals surface area contributed by atoms with Crippen LogP contribution in [0.5, 0.6) is 0 Å². The lowest BCUT2D eigenvalue weighted by atomic mass is 10.1. The van der Waals surface area contributed by atoms with Crippen molar-refractivity contribution < 1.29 is 22.7 Å².